The molecule has 0 aliphatic heterocycles. The summed E-state index contributed by atoms with van der Waals surface area (Å²) in [5, 5.41) is 3.38. The molecule has 0 atom stereocenters. The maximum absolute atomic E-state index is 12.0. The number of thiazole rings is 1. The van der Waals surface area contributed by atoms with E-state index in [-0.39, 0.29) is 5.91 Å². The Morgan fingerprint density at radius 2 is 2.06 bits per heavy atom. The van der Waals surface area contributed by atoms with Gasteiger partial charge in [-0.15, -0.1) is 11.3 Å². The van der Waals surface area contributed by atoms with E-state index < -0.39 is 0 Å². The fourth-order valence-electron chi connectivity index (χ4n) is 1.58. The maximum atomic E-state index is 12.0. The smallest absolute Gasteiger partial charge is 0.259 e. The van der Waals surface area contributed by atoms with Crippen molar-refractivity contribution < 1.29 is 4.79 Å². The molecule has 0 spiro atoms. The molecule has 1 aromatic heterocycles. The Labute approximate surface area is 110 Å². The molecular formula is C13H15N3OS. The van der Waals surface area contributed by atoms with Crippen LogP contribution in [-0.2, 0) is 0 Å². The lowest BCUT2D eigenvalue weighted by Crippen LogP contribution is -2.13. The zero-order valence-corrected chi connectivity index (χ0v) is 11.4. The van der Waals surface area contributed by atoms with Gasteiger partial charge in [-0.2, -0.15) is 0 Å². The van der Waals surface area contributed by atoms with Crippen molar-refractivity contribution in [2.75, 3.05) is 11.1 Å². The first-order chi connectivity index (χ1) is 8.47. The highest BCUT2D eigenvalue weighted by molar-refractivity contribution is 7.15. The molecule has 0 radical (unpaired) electrons. The summed E-state index contributed by atoms with van der Waals surface area (Å²) in [4.78, 5) is 17.4. The van der Waals surface area contributed by atoms with E-state index in [0.29, 0.717) is 16.4 Å². The first kappa shape index (κ1) is 12.6. The Bertz CT molecular complexity index is 585. The second-order valence-electron chi connectivity index (χ2n) is 4.21. The Kier molecular flexibility index (Phi) is 3.34. The van der Waals surface area contributed by atoms with Gasteiger partial charge in [0.25, 0.3) is 5.91 Å². The van der Waals surface area contributed by atoms with Crippen LogP contribution in [-0.4, -0.2) is 10.9 Å². The molecule has 0 fully saturated rings. The van der Waals surface area contributed by atoms with Crippen LogP contribution in [0.1, 0.15) is 26.5 Å². The topological polar surface area (TPSA) is 68.0 Å². The zero-order valence-electron chi connectivity index (χ0n) is 10.6. The van der Waals surface area contributed by atoms with E-state index in [0.717, 1.165) is 16.1 Å². The lowest BCUT2D eigenvalue weighted by molar-refractivity contribution is 0.102. The van der Waals surface area contributed by atoms with Crippen molar-refractivity contribution in [3.8, 4) is 0 Å². The third kappa shape index (κ3) is 2.51. The molecule has 0 aliphatic rings. The number of benzene rings is 1. The van der Waals surface area contributed by atoms with Gasteiger partial charge in [-0.05, 0) is 38.5 Å². The monoisotopic (exact) mass is 261 g/mol. The summed E-state index contributed by atoms with van der Waals surface area (Å²) >= 11 is 1.46. The van der Waals surface area contributed by atoms with Gasteiger partial charge in [-0.1, -0.05) is 6.07 Å². The van der Waals surface area contributed by atoms with E-state index in [1.165, 1.54) is 11.3 Å². The van der Waals surface area contributed by atoms with Gasteiger partial charge in [-0.25, -0.2) is 4.98 Å². The normalized spacial score (nSPS) is 10.4. The number of rotatable bonds is 2. The second kappa shape index (κ2) is 4.78. The molecule has 1 amide bonds. The van der Waals surface area contributed by atoms with Crippen molar-refractivity contribution in [3.05, 3.63) is 39.9 Å². The number of hydrogen-bond acceptors (Lipinski definition) is 4. The van der Waals surface area contributed by atoms with Gasteiger partial charge in [-0.3, -0.25) is 10.1 Å². The Morgan fingerprint density at radius 3 is 2.61 bits per heavy atom. The van der Waals surface area contributed by atoms with Gasteiger partial charge in [0, 0.05) is 10.6 Å². The molecule has 0 aliphatic carbocycles. The SMILES string of the molecule is Cc1ccc(C(=O)Nc2nc(C)c(C)s2)c(N)c1. The average molecular weight is 261 g/mol. The first-order valence-electron chi connectivity index (χ1n) is 5.59. The highest BCUT2D eigenvalue weighted by Crippen LogP contribution is 2.22. The molecule has 4 nitrogen and oxygen atoms in total. The molecular weight excluding hydrogens is 246 g/mol. The van der Waals surface area contributed by atoms with Gasteiger partial charge >= 0.3 is 0 Å². The minimum Gasteiger partial charge on any atom is -0.398 e. The molecule has 2 rings (SSSR count). The predicted octanol–water partition coefficient (Wildman–Crippen LogP) is 2.90. The molecule has 0 saturated carbocycles. The fraction of sp³-hybridized carbons (Fsp3) is 0.231. The summed E-state index contributed by atoms with van der Waals surface area (Å²) in [6, 6.07) is 5.38. The molecule has 3 N–H and O–H groups in total. The van der Waals surface area contributed by atoms with E-state index in [1.54, 1.807) is 12.1 Å². The largest absolute Gasteiger partial charge is 0.398 e. The second-order valence-corrected chi connectivity index (χ2v) is 5.41. The van der Waals surface area contributed by atoms with Gasteiger partial charge < -0.3 is 5.73 Å². The molecule has 0 saturated heterocycles. The summed E-state index contributed by atoms with van der Waals surface area (Å²) in [6.07, 6.45) is 0. The van der Waals surface area contributed by atoms with E-state index in [1.807, 2.05) is 26.8 Å². The lowest BCUT2D eigenvalue weighted by atomic mass is 10.1. The van der Waals surface area contributed by atoms with Crippen molar-refractivity contribution in [1.82, 2.24) is 4.98 Å². The minimum atomic E-state index is -0.221. The molecule has 94 valence electrons. The van der Waals surface area contributed by atoms with Crippen LogP contribution in [0.3, 0.4) is 0 Å². The van der Waals surface area contributed by atoms with E-state index in [2.05, 4.69) is 10.3 Å². The van der Waals surface area contributed by atoms with Crippen LogP contribution in [0.4, 0.5) is 10.8 Å². The molecule has 5 heteroatoms. The Hall–Kier alpha value is -1.88. The summed E-state index contributed by atoms with van der Waals surface area (Å²) in [5.41, 5.74) is 8.76. The number of nitrogen functional groups attached to an aromatic ring is 1. The van der Waals surface area contributed by atoms with Crippen molar-refractivity contribution in [2.45, 2.75) is 20.8 Å². The van der Waals surface area contributed by atoms with Crippen LogP contribution in [0.5, 0.6) is 0 Å². The van der Waals surface area contributed by atoms with Crippen LogP contribution in [0.15, 0.2) is 18.2 Å². The number of carbonyl (C=O) groups excluding carboxylic acids is 1. The molecule has 2 aromatic rings. The highest BCUT2D eigenvalue weighted by Gasteiger charge is 2.12. The number of hydrogen-bond donors (Lipinski definition) is 2. The molecule has 0 unspecified atom stereocenters. The van der Waals surface area contributed by atoms with Crippen LogP contribution in [0.2, 0.25) is 0 Å². The van der Waals surface area contributed by atoms with Crippen LogP contribution < -0.4 is 11.1 Å². The minimum absolute atomic E-state index is 0.221. The highest BCUT2D eigenvalue weighted by atomic mass is 32.1. The summed E-state index contributed by atoms with van der Waals surface area (Å²) in [6.45, 7) is 5.83. The number of amides is 1. The standard InChI is InChI=1S/C13H15N3OS/c1-7-4-5-10(11(14)6-7)12(17)16-13-15-8(2)9(3)18-13/h4-6H,14H2,1-3H3,(H,15,16,17). The summed E-state index contributed by atoms with van der Waals surface area (Å²) < 4.78 is 0. The molecule has 1 heterocycles. The van der Waals surface area contributed by atoms with E-state index in [4.69, 9.17) is 5.73 Å². The molecule has 0 bridgehead atoms. The number of nitrogens with zero attached hydrogens (tertiary/aromatic N) is 1. The maximum Gasteiger partial charge on any atom is 0.259 e. The number of aryl methyl sites for hydroxylation is 3. The van der Waals surface area contributed by atoms with Gasteiger partial charge in [0.15, 0.2) is 5.13 Å². The number of nitrogens with one attached hydrogen (secondary N) is 1. The van der Waals surface area contributed by atoms with Crippen molar-refractivity contribution >= 4 is 28.1 Å². The van der Waals surface area contributed by atoms with E-state index in [9.17, 15) is 4.79 Å². The van der Waals surface area contributed by atoms with Crippen molar-refractivity contribution in [2.24, 2.45) is 0 Å². The van der Waals surface area contributed by atoms with Gasteiger partial charge in [0.1, 0.15) is 0 Å². The molecule has 18 heavy (non-hydrogen) atoms. The Balaban J connectivity index is 2.22. The number of nitrogens with two attached hydrogens (primary N) is 1. The van der Waals surface area contributed by atoms with Gasteiger partial charge in [0.2, 0.25) is 0 Å². The van der Waals surface area contributed by atoms with Gasteiger partial charge in [0.05, 0.1) is 11.3 Å². The van der Waals surface area contributed by atoms with Crippen LogP contribution in [0.25, 0.3) is 0 Å². The summed E-state index contributed by atoms with van der Waals surface area (Å²) in [7, 11) is 0. The molecule has 1 aromatic carbocycles. The fourth-order valence-corrected chi connectivity index (χ4v) is 2.39. The van der Waals surface area contributed by atoms with E-state index >= 15 is 0 Å². The average Bonchev–Trinajstić information content (AvgIpc) is 2.57. The quantitative estimate of drug-likeness (QED) is 0.817. The predicted molar refractivity (Wildman–Crippen MR) is 75.1 cm³/mol. The summed E-state index contributed by atoms with van der Waals surface area (Å²) in [5.74, 6) is -0.221. The van der Waals surface area contributed by atoms with Crippen molar-refractivity contribution in [1.29, 1.82) is 0 Å². The third-order valence-electron chi connectivity index (χ3n) is 2.70. The number of anilines is 2. The first-order valence-corrected chi connectivity index (χ1v) is 6.40. The van der Waals surface area contributed by atoms with Crippen LogP contribution >= 0.6 is 11.3 Å². The number of carbonyl (C=O) groups is 1. The Morgan fingerprint density at radius 1 is 1.33 bits per heavy atom. The zero-order chi connectivity index (χ0) is 13.3. The third-order valence-corrected chi connectivity index (χ3v) is 3.69. The lowest BCUT2D eigenvalue weighted by Gasteiger charge is -2.05. The van der Waals surface area contributed by atoms with Crippen molar-refractivity contribution in [3.63, 3.8) is 0 Å². The van der Waals surface area contributed by atoms with Crippen LogP contribution in [0, 0.1) is 20.8 Å². The number of aromatic nitrogens is 1.